The van der Waals surface area contributed by atoms with Crippen molar-refractivity contribution in [3.63, 3.8) is 0 Å². The highest BCUT2D eigenvalue weighted by atomic mass is 16.5. The van der Waals surface area contributed by atoms with Crippen molar-refractivity contribution in [3.8, 4) is 0 Å². The number of aromatic nitrogens is 1. The Bertz CT molecular complexity index is 977. The van der Waals surface area contributed by atoms with E-state index in [2.05, 4.69) is 20.4 Å². The Morgan fingerprint density at radius 2 is 1.69 bits per heavy atom. The molecule has 154 valence electrons. The minimum atomic E-state index is -0.828. The Morgan fingerprint density at radius 1 is 1.00 bits per heavy atom. The number of ether oxygens (including phenoxy) is 2. The van der Waals surface area contributed by atoms with Crippen molar-refractivity contribution < 1.29 is 28.7 Å². The summed E-state index contributed by atoms with van der Waals surface area (Å²) in [6.07, 6.45) is 0. The minimum absolute atomic E-state index is 0.0375. The zero-order chi connectivity index (χ0) is 21.7. The molecular weight excluding hydrogens is 378 g/mol. The molecule has 1 heterocycles. The van der Waals surface area contributed by atoms with Gasteiger partial charge in [-0.05, 0) is 50.5 Å². The van der Waals surface area contributed by atoms with Crippen LogP contribution in [0.15, 0.2) is 18.2 Å². The van der Waals surface area contributed by atoms with Crippen molar-refractivity contribution in [2.75, 3.05) is 19.0 Å². The van der Waals surface area contributed by atoms with Crippen LogP contribution >= 0.6 is 0 Å². The molecule has 3 amide bonds. The van der Waals surface area contributed by atoms with Crippen LogP contribution in [0.2, 0.25) is 0 Å². The molecule has 1 aromatic heterocycles. The number of aryl methyl sites for hydroxylation is 2. The van der Waals surface area contributed by atoms with Crippen LogP contribution in [0.25, 0.3) is 0 Å². The van der Waals surface area contributed by atoms with Gasteiger partial charge in [-0.15, -0.1) is 0 Å². The number of anilines is 1. The van der Waals surface area contributed by atoms with Gasteiger partial charge in [0.05, 0.1) is 12.7 Å². The summed E-state index contributed by atoms with van der Waals surface area (Å²) in [5.41, 5.74) is 3.50. The molecule has 9 nitrogen and oxygen atoms in total. The fourth-order valence-corrected chi connectivity index (χ4v) is 2.77. The molecule has 1 aromatic carbocycles. The number of rotatable bonds is 5. The van der Waals surface area contributed by atoms with Crippen molar-refractivity contribution in [2.24, 2.45) is 0 Å². The molecule has 0 aliphatic heterocycles. The second-order valence-electron chi connectivity index (χ2n) is 6.44. The number of hydrogen-bond acceptors (Lipinski definition) is 6. The molecule has 0 radical (unpaired) electrons. The lowest BCUT2D eigenvalue weighted by atomic mass is 10.1. The van der Waals surface area contributed by atoms with Crippen LogP contribution in [0, 0.1) is 27.7 Å². The van der Waals surface area contributed by atoms with E-state index in [-0.39, 0.29) is 11.3 Å². The van der Waals surface area contributed by atoms with Crippen molar-refractivity contribution in [1.29, 1.82) is 0 Å². The molecule has 0 saturated carbocycles. The molecule has 9 heteroatoms. The highest BCUT2D eigenvalue weighted by Gasteiger charge is 2.24. The lowest BCUT2D eigenvalue weighted by Gasteiger charge is -2.11. The second-order valence-corrected chi connectivity index (χ2v) is 6.44. The van der Waals surface area contributed by atoms with Gasteiger partial charge in [0.25, 0.3) is 5.91 Å². The van der Waals surface area contributed by atoms with Gasteiger partial charge in [0.1, 0.15) is 5.69 Å². The molecule has 2 aromatic rings. The number of urea groups is 1. The van der Waals surface area contributed by atoms with Crippen molar-refractivity contribution in [2.45, 2.75) is 27.7 Å². The van der Waals surface area contributed by atoms with E-state index in [1.807, 2.05) is 19.9 Å². The lowest BCUT2D eigenvalue weighted by Crippen LogP contribution is -2.37. The molecule has 2 rings (SSSR count). The third kappa shape index (κ3) is 5.01. The second kappa shape index (κ2) is 9.05. The average Bonchev–Trinajstić information content (AvgIpc) is 2.97. The summed E-state index contributed by atoms with van der Waals surface area (Å²) in [4.78, 5) is 50.6. The van der Waals surface area contributed by atoms with Crippen LogP contribution < -0.4 is 10.6 Å². The average molecular weight is 401 g/mol. The number of benzene rings is 1. The molecule has 0 spiro atoms. The van der Waals surface area contributed by atoms with E-state index in [1.165, 1.54) is 7.11 Å². The Kier molecular flexibility index (Phi) is 6.76. The first-order valence-electron chi connectivity index (χ1n) is 8.77. The van der Waals surface area contributed by atoms with E-state index in [0.29, 0.717) is 16.9 Å². The molecule has 0 saturated heterocycles. The molecule has 29 heavy (non-hydrogen) atoms. The summed E-state index contributed by atoms with van der Waals surface area (Å²) in [5, 5.41) is 4.66. The smallest absolute Gasteiger partial charge is 0.355 e. The minimum Gasteiger partial charge on any atom is -0.465 e. The maximum atomic E-state index is 12.2. The summed E-state index contributed by atoms with van der Waals surface area (Å²) in [6.45, 7) is 6.26. The van der Waals surface area contributed by atoms with Crippen LogP contribution in [0.4, 0.5) is 10.5 Å². The van der Waals surface area contributed by atoms with Crippen molar-refractivity contribution in [3.05, 3.63) is 51.8 Å². The Balaban J connectivity index is 1.94. The maximum Gasteiger partial charge on any atom is 0.355 e. The predicted octanol–water partition coefficient (Wildman–Crippen LogP) is 2.54. The third-order valence-corrected chi connectivity index (χ3v) is 4.47. The number of esters is 2. The zero-order valence-electron chi connectivity index (χ0n) is 16.9. The maximum absolute atomic E-state index is 12.2. The number of amides is 3. The lowest BCUT2D eigenvalue weighted by molar-refractivity contribution is -0.123. The number of imide groups is 1. The Hall–Kier alpha value is -3.62. The van der Waals surface area contributed by atoms with E-state index in [9.17, 15) is 19.2 Å². The highest BCUT2D eigenvalue weighted by Crippen LogP contribution is 2.20. The number of hydrogen-bond donors (Lipinski definition) is 3. The molecule has 0 aliphatic carbocycles. The summed E-state index contributed by atoms with van der Waals surface area (Å²) in [7, 11) is 1.24. The highest BCUT2D eigenvalue weighted by molar-refractivity contribution is 6.03. The molecule has 0 aliphatic rings. The van der Waals surface area contributed by atoms with Crippen molar-refractivity contribution in [1.82, 2.24) is 10.3 Å². The SMILES string of the molecule is COC(=O)c1c(C)[nH]c(C(=O)OCC(=O)NC(=O)Nc2cccc(C)c2C)c1C. The van der Waals surface area contributed by atoms with Crippen LogP contribution in [-0.4, -0.2) is 42.6 Å². The molecule has 3 N–H and O–H groups in total. The molecule has 0 unspecified atom stereocenters. The summed E-state index contributed by atoms with van der Waals surface area (Å²) in [6, 6.07) is 4.66. The predicted molar refractivity (Wildman–Crippen MR) is 105 cm³/mol. The van der Waals surface area contributed by atoms with Gasteiger partial charge >= 0.3 is 18.0 Å². The standard InChI is InChI=1S/C20H23N3O6/c1-10-7-6-8-14(11(10)2)22-20(27)23-15(24)9-29-19(26)17-12(3)16(13(4)21-17)18(25)28-5/h6-8,21H,9H2,1-5H3,(H2,22,23,24,27). The van der Waals surface area contributed by atoms with Crippen LogP contribution in [-0.2, 0) is 14.3 Å². The quantitative estimate of drug-likeness (QED) is 0.661. The van der Waals surface area contributed by atoms with E-state index >= 15 is 0 Å². The fraction of sp³-hybridized carbons (Fsp3) is 0.300. The molecule has 0 atom stereocenters. The summed E-state index contributed by atoms with van der Waals surface area (Å²) in [5.74, 6) is -2.21. The monoisotopic (exact) mass is 401 g/mol. The number of carbonyl (C=O) groups excluding carboxylic acids is 4. The summed E-state index contributed by atoms with van der Waals surface area (Å²) >= 11 is 0. The molecule has 0 bridgehead atoms. The first-order valence-corrected chi connectivity index (χ1v) is 8.77. The van der Waals surface area contributed by atoms with E-state index in [0.717, 1.165) is 11.1 Å². The van der Waals surface area contributed by atoms with Gasteiger partial charge in [-0.2, -0.15) is 0 Å². The summed E-state index contributed by atoms with van der Waals surface area (Å²) < 4.78 is 9.61. The van der Waals surface area contributed by atoms with Gasteiger partial charge in [-0.3, -0.25) is 10.1 Å². The largest absolute Gasteiger partial charge is 0.465 e. The number of aromatic amines is 1. The van der Waals surface area contributed by atoms with E-state index < -0.39 is 30.5 Å². The molecular formula is C20H23N3O6. The normalized spacial score (nSPS) is 10.2. The van der Waals surface area contributed by atoms with Gasteiger partial charge in [-0.1, -0.05) is 12.1 Å². The van der Waals surface area contributed by atoms with Gasteiger partial charge < -0.3 is 19.8 Å². The van der Waals surface area contributed by atoms with E-state index in [1.54, 1.807) is 26.0 Å². The Morgan fingerprint density at radius 3 is 2.34 bits per heavy atom. The van der Waals surface area contributed by atoms with Gasteiger partial charge in [0, 0.05) is 11.4 Å². The first kappa shape index (κ1) is 21.7. The number of nitrogens with one attached hydrogen (secondary N) is 3. The van der Waals surface area contributed by atoms with E-state index in [4.69, 9.17) is 4.74 Å². The molecule has 0 fully saturated rings. The number of methoxy groups -OCH3 is 1. The number of H-pyrrole nitrogens is 1. The van der Waals surface area contributed by atoms with Crippen LogP contribution in [0.3, 0.4) is 0 Å². The number of carbonyl (C=O) groups is 4. The Labute approximate surface area is 167 Å². The fourth-order valence-electron chi connectivity index (χ4n) is 2.77. The van der Waals surface area contributed by atoms with Gasteiger partial charge in [0.2, 0.25) is 0 Å². The first-order chi connectivity index (χ1) is 13.6. The van der Waals surface area contributed by atoms with Gasteiger partial charge in [0.15, 0.2) is 6.61 Å². The van der Waals surface area contributed by atoms with Gasteiger partial charge in [-0.25, -0.2) is 14.4 Å². The zero-order valence-corrected chi connectivity index (χ0v) is 16.9. The third-order valence-electron chi connectivity index (χ3n) is 4.47. The van der Waals surface area contributed by atoms with Crippen molar-refractivity contribution >= 4 is 29.6 Å². The topological polar surface area (TPSA) is 127 Å². The van der Waals surface area contributed by atoms with Crippen LogP contribution in [0.5, 0.6) is 0 Å². The van der Waals surface area contributed by atoms with Crippen LogP contribution in [0.1, 0.15) is 43.2 Å².